The molecule has 0 aromatic heterocycles. The van der Waals surface area contributed by atoms with E-state index in [1.807, 2.05) is 48.5 Å². The summed E-state index contributed by atoms with van der Waals surface area (Å²) in [5.41, 5.74) is 2.49. The first-order chi connectivity index (χ1) is 9.29. The summed E-state index contributed by atoms with van der Waals surface area (Å²) in [7, 11) is 0. The highest BCUT2D eigenvalue weighted by atomic mass is 16.3. The molecule has 1 N–H and O–H groups in total. The highest BCUT2D eigenvalue weighted by molar-refractivity contribution is 5.94. The van der Waals surface area contributed by atoms with Crippen LogP contribution in [0.3, 0.4) is 0 Å². The fraction of sp³-hybridized carbons (Fsp3) is 0. The Hall–Kier alpha value is -2.79. The van der Waals surface area contributed by atoms with Gasteiger partial charge < -0.3 is 5.11 Å². The van der Waals surface area contributed by atoms with E-state index in [1.165, 1.54) is 0 Å². The van der Waals surface area contributed by atoms with Crippen LogP contribution in [-0.4, -0.2) is 5.11 Å². The Bertz CT molecular complexity index is 782. The van der Waals surface area contributed by atoms with Gasteiger partial charge in [-0.2, -0.15) is 5.26 Å². The van der Waals surface area contributed by atoms with Crippen LogP contribution in [0.4, 0.5) is 0 Å². The number of aromatic hydroxyl groups is 1. The fourth-order valence-electron chi connectivity index (χ4n) is 2.27. The highest BCUT2D eigenvalue weighted by Crippen LogP contribution is 2.30. The summed E-state index contributed by atoms with van der Waals surface area (Å²) >= 11 is 0. The second-order valence-corrected chi connectivity index (χ2v) is 4.37. The van der Waals surface area contributed by atoms with Gasteiger partial charge in [0.15, 0.2) is 0 Å². The number of nitrogens with zero attached hydrogens (tertiary/aromatic N) is 1. The van der Waals surface area contributed by atoms with Crippen molar-refractivity contribution in [3.8, 4) is 22.9 Å². The van der Waals surface area contributed by atoms with Gasteiger partial charge in [-0.15, -0.1) is 0 Å². The van der Waals surface area contributed by atoms with E-state index in [1.54, 1.807) is 12.1 Å². The van der Waals surface area contributed by atoms with Crippen LogP contribution < -0.4 is 0 Å². The van der Waals surface area contributed by atoms with Crippen LogP contribution in [0.25, 0.3) is 21.9 Å². The lowest BCUT2D eigenvalue weighted by Gasteiger charge is -2.08. The second-order valence-electron chi connectivity index (χ2n) is 4.37. The van der Waals surface area contributed by atoms with Crippen LogP contribution in [-0.2, 0) is 0 Å². The maximum absolute atomic E-state index is 9.43. The number of rotatable bonds is 1. The number of benzene rings is 3. The van der Waals surface area contributed by atoms with Gasteiger partial charge in [0.05, 0.1) is 5.56 Å². The summed E-state index contributed by atoms with van der Waals surface area (Å²) < 4.78 is 0. The topological polar surface area (TPSA) is 44.0 Å². The summed E-state index contributed by atoms with van der Waals surface area (Å²) in [6, 6.07) is 21.0. The van der Waals surface area contributed by atoms with Crippen molar-refractivity contribution < 1.29 is 5.11 Å². The molecule has 0 radical (unpaired) electrons. The molecule has 0 aliphatic rings. The van der Waals surface area contributed by atoms with Gasteiger partial charge >= 0.3 is 0 Å². The van der Waals surface area contributed by atoms with Gasteiger partial charge in [0.1, 0.15) is 11.8 Å². The number of phenolic OH excluding ortho intramolecular Hbond substituents is 1. The molecule has 3 aromatic rings. The molecule has 3 aromatic carbocycles. The molecule has 3 rings (SSSR count). The minimum absolute atomic E-state index is 0.225. The first-order valence-corrected chi connectivity index (χ1v) is 6.01. The predicted octanol–water partition coefficient (Wildman–Crippen LogP) is 4.08. The van der Waals surface area contributed by atoms with Crippen molar-refractivity contribution in [1.82, 2.24) is 0 Å². The van der Waals surface area contributed by atoms with Gasteiger partial charge in [0.25, 0.3) is 0 Å². The Morgan fingerprint density at radius 2 is 1.58 bits per heavy atom. The standard InChI is InChI=1S/C17H11NO/c18-11-17-15-4-2-1-3-12(15)7-10-16(17)13-5-8-14(19)9-6-13/h1-10,19H. The van der Waals surface area contributed by atoms with E-state index in [4.69, 9.17) is 0 Å². The summed E-state index contributed by atoms with van der Waals surface area (Å²) in [5, 5.41) is 20.8. The highest BCUT2D eigenvalue weighted by Gasteiger charge is 2.08. The maximum atomic E-state index is 9.43. The zero-order valence-electron chi connectivity index (χ0n) is 10.2. The lowest BCUT2D eigenvalue weighted by molar-refractivity contribution is 0.475. The zero-order valence-corrected chi connectivity index (χ0v) is 10.2. The Labute approximate surface area is 111 Å². The van der Waals surface area contributed by atoms with Gasteiger partial charge in [0, 0.05) is 10.9 Å². The third-order valence-corrected chi connectivity index (χ3v) is 3.22. The van der Waals surface area contributed by atoms with Crippen LogP contribution in [0.15, 0.2) is 60.7 Å². The lowest BCUT2D eigenvalue weighted by Crippen LogP contribution is -1.86. The summed E-state index contributed by atoms with van der Waals surface area (Å²) in [5.74, 6) is 0.225. The number of hydrogen-bond acceptors (Lipinski definition) is 2. The van der Waals surface area contributed by atoms with E-state index in [0.29, 0.717) is 5.56 Å². The van der Waals surface area contributed by atoms with E-state index < -0.39 is 0 Å². The van der Waals surface area contributed by atoms with E-state index in [9.17, 15) is 10.4 Å². The van der Waals surface area contributed by atoms with E-state index in [-0.39, 0.29) is 5.75 Å². The molecule has 0 saturated carbocycles. The van der Waals surface area contributed by atoms with Crippen molar-refractivity contribution in [3.05, 3.63) is 66.2 Å². The van der Waals surface area contributed by atoms with E-state index in [0.717, 1.165) is 21.9 Å². The maximum Gasteiger partial charge on any atom is 0.115 e. The Kier molecular flexibility index (Phi) is 2.66. The van der Waals surface area contributed by atoms with Crippen molar-refractivity contribution in [1.29, 1.82) is 5.26 Å². The lowest BCUT2D eigenvalue weighted by atomic mass is 9.95. The van der Waals surface area contributed by atoms with Crippen LogP contribution in [0, 0.1) is 11.3 Å². The first kappa shape index (κ1) is 11.3. The largest absolute Gasteiger partial charge is 0.508 e. The monoisotopic (exact) mass is 245 g/mol. The van der Waals surface area contributed by atoms with Crippen molar-refractivity contribution in [3.63, 3.8) is 0 Å². The fourth-order valence-corrected chi connectivity index (χ4v) is 2.27. The van der Waals surface area contributed by atoms with Gasteiger partial charge in [-0.3, -0.25) is 0 Å². The molecule has 0 unspecified atom stereocenters. The van der Waals surface area contributed by atoms with Gasteiger partial charge in [-0.05, 0) is 23.1 Å². The van der Waals surface area contributed by atoms with Gasteiger partial charge in [0.2, 0.25) is 0 Å². The van der Waals surface area contributed by atoms with Crippen LogP contribution in [0.1, 0.15) is 5.56 Å². The van der Waals surface area contributed by atoms with Crippen LogP contribution in [0.5, 0.6) is 5.75 Å². The van der Waals surface area contributed by atoms with Crippen molar-refractivity contribution in [2.75, 3.05) is 0 Å². The number of phenols is 1. The zero-order chi connectivity index (χ0) is 13.2. The number of hydrogen-bond donors (Lipinski definition) is 1. The van der Waals surface area contributed by atoms with Crippen LogP contribution in [0.2, 0.25) is 0 Å². The molecule has 0 atom stereocenters. The number of nitriles is 1. The first-order valence-electron chi connectivity index (χ1n) is 6.01. The molecule has 90 valence electrons. The summed E-state index contributed by atoms with van der Waals surface area (Å²) in [6.45, 7) is 0. The van der Waals surface area contributed by atoms with E-state index >= 15 is 0 Å². The van der Waals surface area contributed by atoms with Gasteiger partial charge in [-0.25, -0.2) is 0 Å². The predicted molar refractivity (Wildman–Crippen MR) is 75.8 cm³/mol. The van der Waals surface area contributed by atoms with Gasteiger partial charge in [-0.1, -0.05) is 48.5 Å². The molecule has 0 heterocycles. The third-order valence-electron chi connectivity index (χ3n) is 3.22. The third kappa shape index (κ3) is 1.92. The molecule has 0 aliphatic carbocycles. The Morgan fingerprint density at radius 3 is 2.32 bits per heavy atom. The molecule has 2 nitrogen and oxygen atoms in total. The molecular formula is C17H11NO. The molecular weight excluding hydrogens is 234 g/mol. The molecule has 0 bridgehead atoms. The smallest absolute Gasteiger partial charge is 0.115 e. The number of fused-ring (bicyclic) bond motifs is 1. The van der Waals surface area contributed by atoms with Crippen molar-refractivity contribution >= 4 is 10.8 Å². The SMILES string of the molecule is N#Cc1c(-c2ccc(O)cc2)ccc2ccccc12. The molecule has 0 fully saturated rings. The van der Waals surface area contributed by atoms with E-state index in [2.05, 4.69) is 6.07 Å². The Morgan fingerprint density at radius 1 is 0.842 bits per heavy atom. The quantitative estimate of drug-likeness (QED) is 0.701. The normalized spacial score (nSPS) is 10.3. The Balaban J connectivity index is 2.30. The molecule has 19 heavy (non-hydrogen) atoms. The van der Waals surface area contributed by atoms with Crippen LogP contribution >= 0.6 is 0 Å². The minimum atomic E-state index is 0.225. The van der Waals surface area contributed by atoms with Crippen molar-refractivity contribution in [2.24, 2.45) is 0 Å². The second kappa shape index (κ2) is 4.47. The van der Waals surface area contributed by atoms with Crippen molar-refractivity contribution in [2.45, 2.75) is 0 Å². The molecule has 2 heteroatoms. The average molecular weight is 245 g/mol. The molecule has 0 amide bonds. The summed E-state index contributed by atoms with van der Waals surface area (Å²) in [6.07, 6.45) is 0. The molecule has 0 spiro atoms. The summed E-state index contributed by atoms with van der Waals surface area (Å²) in [4.78, 5) is 0. The molecule has 0 saturated heterocycles. The molecule has 0 aliphatic heterocycles. The average Bonchev–Trinajstić information content (AvgIpc) is 2.47. The minimum Gasteiger partial charge on any atom is -0.508 e.